The molecule has 3 heterocycles. The van der Waals surface area contributed by atoms with Crippen LogP contribution in [0.5, 0.6) is 5.75 Å². The number of H-pyrrole nitrogens is 1. The van der Waals surface area contributed by atoms with Gasteiger partial charge in [0.1, 0.15) is 23.2 Å². The summed E-state index contributed by atoms with van der Waals surface area (Å²) in [6.45, 7) is 10.5. The third-order valence-electron chi connectivity index (χ3n) is 7.95. The number of amidine groups is 1. The average molecular weight is 609 g/mol. The number of anilines is 2. The second-order valence-electron chi connectivity index (χ2n) is 11.2. The van der Waals surface area contributed by atoms with Gasteiger partial charge in [-0.05, 0) is 51.5 Å². The maximum absolute atomic E-state index is 15.8. The minimum atomic E-state index is -0.713. The topological polar surface area (TPSA) is 88.2 Å². The molecule has 2 aliphatic heterocycles. The molecular formula is C33H39F3N6O2. The molecule has 0 amide bonds. The van der Waals surface area contributed by atoms with E-state index in [0.29, 0.717) is 54.4 Å². The second kappa shape index (κ2) is 13.1. The highest BCUT2D eigenvalue weighted by molar-refractivity contribution is 6.11. The number of hydrogen-bond donors (Lipinski definition) is 4. The lowest BCUT2D eigenvalue weighted by atomic mass is 9.96. The zero-order valence-corrected chi connectivity index (χ0v) is 25.7. The number of benzene rings is 2. The van der Waals surface area contributed by atoms with Crippen molar-refractivity contribution in [2.75, 3.05) is 50.0 Å². The van der Waals surface area contributed by atoms with E-state index in [1.807, 2.05) is 29.7 Å². The molecule has 44 heavy (non-hydrogen) atoms. The molecule has 2 aliphatic rings. The molecular weight excluding hydrogens is 569 g/mol. The summed E-state index contributed by atoms with van der Waals surface area (Å²) < 4.78 is 52.6. The number of halogens is 3. The summed E-state index contributed by atoms with van der Waals surface area (Å²) in [4.78, 5) is 11.3. The minimum Gasteiger partial charge on any atom is -0.510 e. The van der Waals surface area contributed by atoms with Crippen molar-refractivity contribution < 1.29 is 23.0 Å². The SMILES string of the molecule is CCN(C)/C(C1=C(Oc2cc(F)c3[nH]c(C)cc3c2F)C(C)CC=CN=C1Nc1ccc(N2CCNCC2)c(F)c1)=C(/C)O. The van der Waals surface area contributed by atoms with Gasteiger partial charge in [-0.1, -0.05) is 13.0 Å². The highest BCUT2D eigenvalue weighted by Crippen LogP contribution is 2.36. The van der Waals surface area contributed by atoms with Gasteiger partial charge in [-0.2, -0.15) is 0 Å². The van der Waals surface area contributed by atoms with Gasteiger partial charge in [-0.25, -0.2) is 18.2 Å². The van der Waals surface area contributed by atoms with Gasteiger partial charge in [0.2, 0.25) is 0 Å². The number of aromatic amines is 1. The van der Waals surface area contributed by atoms with Gasteiger partial charge in [-0.15, -0.1) is 0 Å². The van der Waals surface area contributed by atoms with Crippen molar-refractivity contribution in [1.82, 2.24) is 15.2 Å². The van der Waals surface area contributed by atoms with Crippen LogP contribution in [0, 0.1) is 30.3 Å². The minimum absolute atomic E-state index is 0.0275. The number of aliphatic hydroxyl groups is 1. The number of fused-ring (bicyclic) bond motifs is 1. The van der Waals surface area contributed by atoms with Gasteiger partial charge < -0.3 is 35.3 Å². The van der Waals surface area contributed by atoms with Crippen molar-refractivity contribution in [2.24, 2.45) is 10.9 Å². The molecule has 11 heteroatoms. The fraction of sp³-hybridized carbons (Fsp3) is 0.364. The lowest BCUT2D eigenvalue weighted by Crippen LogP contribution is -2.43. The van der Waals surface area contributed by atoms with E-state index in [1.165, 1.54) is 12.1 Å². The van der Waals surface area contributed by atoms with Crippen LogP contribution in [0.15, 0.2) is 70.4 Å². The summed E-state index contributed by atoms with van der Waals surface area (Å²) in [6, 6.07) is 7.45. The monoisotopic (exact) mass is 608 g/mol. The Morgan fingerprint density at radius 2 is 1.91 bits per heavy atom. The molecule has 1 fully saturated rings. The van der Waals surface area contributed by atoms with Gasteiger partial charge in [-0.3, -0.25) is 0 Å². The van der Waals surface area contributed by atoms with E-state index >= 15 is 13.2 Å². The van der Waals surface area contributed by atoms with Gasteiger partial charge in [0.15, 0.2) is 17.4 Å². The standard InChI is InChI=1S/C33H39F3N6O2/c1-6-41(5)31(21(4)43)28-32(44-27-18-25(35)30-23(29(27)36)16-20(3)39-30)19(2)8-7-11-38-33(28)40-22-9-10-26(24(34)17-22)42-14-12-37-13-15-42/h7,9-11,16-19,37,39,43H,6,8,12-15H2,1-5H3,(H,38,40)/b11-7?,31-21-,32-28?. The van der Waals surface area contributed by atoms with Crippen molar-refractivity contribution in [2.45, 2.75) is 34.1 Å². The van der Waals surface area contributed by atoms with Gasteiger partial charge in [0.05, 0.1) is 22.5 Å². The maximum atomic E-state index is 15.8. The number of hydrogen-bond acceptors (Lipinski definition) is 7. The number of nitrogens with one attached hydrogen (secondary N) is 3. The summed E-state index contributed by atoms with van der Waals surface area (Å²) in [7, 11) is 1.80. The number of ether oxygens (including phenoxy) is 1. The summed E-state index contributed by atoms with van der Waals surface area (Å²) >= 11 is 0. The summed E-state index contributed by atoms with van der Waals surface area (Å²) in [5.74, 6) is -1.90. The molecule has 0 bridgehead atoms. The first-order valence-corrected chi connectivity index (χ1v) is 14.8. The van der Waals surface area contributed by atoms with Crippen LogP contribution in [0.25, 0.3) is 10.9 Å². The summed E-state index contributed by atoms with van der Waals surface area (Å²) in [5.41, 5.74) is 2.34. The zero-order valence-electron chi connectivity index (χ0n) is 25.7. The van der Waals surface area contributed by atoms with Gasteiger partial charge >= 0.3 is 0 Å². The molecule has 0 aliphatic carbocycles. The highest BCUT2D eigenvalue weighted by Gasteiger charge is 2.30. The summed E-state index contributed by atoms with van der Waals surface area (Å²) in [5, 5.41) is 17.6. The van der Waals surface area contributed by atoms with Crippen molar-refractivity contribution in [3.05, 3.63) is 88.5 Å². The van der Waals surface area contributed by atoms with Crippen molar-refractivity contribution >= 4 is 28.1 Å². The number of aryl methyl sites for hydroxylation is 1. The van der Waals surface area contributed by atoms with E-state index in [4.69, 9.17) is 4.74 Å². The number of nitrogens with zero attached hydrogens (tertiary/aromatic N) is 3. The Morgan fingerprint density at radius 1 is 1.16 bits per heavy atom. The Kier molecular flexibility index (Phi) is 9.24. The normalized spacial score (nSPS) is 18.1. The molecule has 234 valence electrons. The van der Waals surface area contributed by atoms with Crippen LogP contribution in [0.4, 0.5) is 24.5 Å². The Labute approximate surface area is 255 Å². The quantitative estimate of drug-likeness (QED) is 0.222. The first-order valence-electron chi connectivity index (χ1n) is 14.8. The molecule has 1 atom stereocenters. The number of aliphatic hydroxyl groups excluding tert-OH is 1. The Balaban J connectivity index is 1.65. The molecule has 8 nitrogen and oxygen atoms in total. The smallest absolute Gasteiger partial charge is 0.175 e. The molecule has 4 N–H and O–H groups in total. The molecule has 0 radical (unpaired) electrons. The lowest BCUT2D eigenvalue weighted by Gasteiger charge is -2.30. The van der Waals surface area contributed by atoms with Crippen molar-refractivity contribution in [3.63, 3.8) is 0 Å². The first-order chi connectivity index (χ1) is 21.1. The lowest BCUT2D eigenvalue weighted by molar-refractivity contribution is 0.325. The Morgan fingerprint density at radius 3 is 2.59 bits per heavy atom. The third kappa shape index (κ3) is 6.28. The number of likely N-dealkylation sites (N-methyl/N-ethyl adjacent to an activating group) is 1. The number of rotatable bonds is 7. The number of allylic oxidation sites excluding steroid dienone is 3. The second-order valence-corrected chi connectivity index (χ2v) is 11.2. The number of piperazine rings is 1. The van der Waals surface area contributed by atoms with Gasteiger partial charge in [0.25, 0.3) is 0 Å². The van der Waals surface area contributed by atoms with Crippen LogP contribution >= 0.6 is 0 Å². The molecule has 1 unspecified atom stereocenters. The van der Waals surface area contributed by atoms with Crippen LogP contribution in [0.2, 0.25) is 0 Å². The largest absolute Gasteiger partial charge is 0.510 e. The third-order valence-corrected chi connectivity index (χ3v) is 7.95. The van der Waals surface area contributed by atoms with Crippen LogP contribution in [0.3, 0.4) is 0 Å². The molecule has 0 spiro atoms. The van der Waals surface area contributed by atoms with Crippen molar-refractivity contribution in [3.8, 4) is 5.75 Å². The van der Waals surface area contributed by atoms with E-state index in [9.17, 15) is 5.11 Å². The predicted molar refractivity (Wildman–Crippen MR) is 170 cm³/mol. The van der Waals surface area contributed by atoms with Gasteiger partial charge in [0, 0.05) is 74.7 Å². The van der Waals surface area contributed by atoms with E-state index in [2.05, 4.69) is 20.6 Å². The molecule has 1 aromatic heterocycles. The fourth-order valence-electron chi connectivity index (χ4n) is 5.62. The molecule has 1 saturated heterocycles. The zero-order chi connectivity index (χ0) is 31.5. The van der Waals surface area contributed by atoms with Crippen molar-refractivity contribution in [1.29, 1.82) is 0 Å². The molecule has 2 aromatic carbocycles. The van der Waals surface area contributed by atoms with E-state index < -0.39 is 11.6 Å². The molecule has 5 rings (SSSR count). The van der Waals surface area contributed by atoms with E-state index in [0.717, 1.165) is 19.2 Å². The van der Waals surface area contributed by atoms with E-state index in [-0.39, 0.29) is 45.7 Å². The average Bonchev–Trinajstić information content (AvgIpc) is 3.40. The highest BCUT2D eigenvalue weighted by atomic mass is 19.1. The van der Waals surface area contributed by atoms with Crippen LogP contribution in [-0.4, -0.2) is 60.6 Å². The maximum Gasteiger partial charge on any atom is 0.175 e. The fourth-order valence-corrected chi connectivity index (χ4v) is 5.62. The molecule has 0 saturated carbocycles. The van der Waals surface area contributed by atoms with E-state index in [1.54, 1.807) is 39.2 Å². The Hall–Kier alpha value is -4.38. The van der Waals surface area contributed by atoms with Crippen LogP contribution in [0.1, 0.15) is 32.9 Å². The molecule has 3 aromatic rings. The first kappa shape index (κ1) is 31.1. The number of aliphatic imine (C=N–C) groups is 1. The number of aromatic nitrogens is 1. The van der Waals surface area contributed by atoms with Crippen LogP contribution in [-0.2, 0) is 0 Å². The summed E-state index contributed by atoms with van der Waals surface area (Å²) in [6.07, 6.45) is 3.95. The van der Waals surface area contributed by atoms with Crippen LogP contribution < -0.4 is 20.3 Å². The predicted octanol–water partition coefficient (Wildman–Crippen LogP) is 6.74. The Bertz CT molecular complexity index is 1670.